The Morgan fingerprint density at radius 2 is 0.350 bits per heavy atom. The van der Waals surface area contributed by atoms with E-state index in [2.05, 4.69) is 45.8 Å². The van der Waals surface area contributed by atoms with E-state index in [-0.39, 0.29) is 0 Å². The highest BCUT2D eigenvalue weighted by Gasteiger charge is 2.39. The lowest BCUT2D eigenvalue weighted by molar-refractivity contribution is 0.381. The number of rotatable bonds is 6. The van der Waals surface area contributed by atoms with Gasteiger partial charge in [0.1, 0.15) is 0 Å². The molecule has 0 saturated carbocycles. The van der Waals surface area contributed by atoms with Gasteiger partial charge in [-0.05, 0) is 82.7 Å². The minimum absolute atomic E-state index is 0.342. The summed E-state index contributed by atoms with van der Waals surface area (Å²) < 4.78 is 473. The molecule has 524 valence electrons. The number of hydrogen-bond donors (Lipinski definition) is 2. The molecule has 0 aliphatic carbocycles. The second-order valence-corrected chi connectivity index (χ2v) is 22.3. The van der Waals surface area contributed by atoms with Crippen LogP contribution in [-0.4, -0.2) is 29.9 Å². The first kappa shape index (κ1) is 70.1. The van der Waals surface area contributed by atoms with Crippen molar-refractivity contribution in [3.63, 3.8) is 0 Å². The Bertz CT molecular complexity index is 5800. The topological polar surface area (TPSA) is 83.1 Å². The summed E-state index contributed by atoms with van der Waals surface area (Å²) in [6.07, 6.45) is 2.76. The SMILES string of the molecule is Fc1c(F)c(F)c(-c2c3nc(c(-c4c(F)c(F)c(F)c(F)c4F)c4ccc([nH]4)c(-c4c(F)c(F)c(F)c(F)c4F)c4nc(c(-c5c(F)c(F)c(F)c(F)c5F)c5nc(c(-c6c(F)c(F)c(F)c(F)c6F)c6[nH]c(cc6Br)c(-c6c(F)c(F)c(F)c(F)c6F)c6nc2C=C6)C=C5)C=C4)C=C3)c(F)c1F. The first-order chi connectivity index (χ1) is 48.5. The summed E-state index contributed by atoms with van der Waals surface area (Å²) in [6.45, 7) is 0. The Labute approximate surface area is 556 Å². The summed E-state index contributed by atoms with van der Waals surface area (Å²) in [5.41, 5.74) is -39.3. The van der Waals surface area contributed by atoms with E-state index >= 15 is 105 Å². The first-order valence-electron chi connectivity index (χ1n) is 27.5. The number of nitrogens with zero attached hydrogens (tertiary/aromatic N) is 4. The van der Waals surface area contributed by atoms with Crippen LogP contribution in [0.5, 0.6) is 0 Å². The van der Waals surface area contributed by atoms with Gasteiger partial charge in [-0.2, -0.15) is 0 Å². The van der Waals surface area contributed by atoms with Gasteiger partial charge in [0, 0.05) is 48.9 Å². The van der Waals surface area contributed by atoms with Crippen molar-refractivity contribution >= 4 is 86.6 Å². The maximum absolute atomic E-state index is 16.6. The maximum Gasteiger partial charge on any atom is 0.200 e. The Hall–Kier alpha value is -11.4. The summed E-state index contributed by atoms with van der Waals surface area (Å²) in [7, 11) is 0. The molecule has 0 spiro atoms. The Kier molecular flexibility index (Phi) is 17.0. The van der Waals surface area contributed by atoms with Gasteiger partial charge in [-0.15, -0.1) is 0 Å². The fraction of sp³-hybridized carbons (Fsp3) is 0. The summed E-state index contributed by atoms with van der Waals surface area (Å²) in [4.78, 5) is 19.7. The molecule has 3 aromatic heterocycles. The van der Waals surface area contributed by atoms with Crippen molar-refractivity contribution in [3.05, 3.63) is 243 Å². The number of halogens is 31. The highest BCUT2D eigenvalue weighted by atomic mass is 79.9. The number of benzene rings is 6. The van der Waals surface area contributed by atoms with Crippen molar-refractivity contribution in [2.24, 2.45) is 0 Å². The molecule has 0 unspecified atom stereocenters. The molecule has 6 aromatic carbocycles. The van der Waals surface area contributed by atoms with Crippen LogP contribution in [0.2, 0.25) is 0 Å². The normalized spacial score (nSPS) is 12.5. The summed E-state index contributed by atoms with van der Waals surface area (Å²) in [6, 6.07) is 1.15. The van der Waals surface area contributed by atoms with E-state index in [4.69, 9.17) is 0 Å². The summed E-state index contributed by atoms with van der Waals surface area (Å²) >= 11 is 2.82. The third-order valence-electron chi connectivity index (χ3n) is 15.9. The van der Waals surface area contributed by atoms with Crippen molar-refractivity contribution in [2.75, 3.05) is 0 Å². The van der Waals surface area contributed by atoms with Crippen LogP contribution in [0.15, 0.2) is 22.7 Å². The lowest BCUT2D eigenvalue weighted by atomic mass is 10.00. The van der Waals surface area contributed by atoms with Gasteiger partial charge in [-0.3, -0.25) is 0 Å². The van der Waals surface area contributed by atoms with E-state index in [9.17, 15) is 26.3 Å². The van der Waals surface area contributed by atoms with Crippen LogP contribution >= 0.6 is 15.9 Å². The average molecular weight is 1540 g/mol. The van der Waals surface area contributed by atoms with Gasteiger partial charge in [-0.25, -0.2) is 152 Å². The van der Waals surface area contributed by atoms with Gasteiger partial charge in [0.2, 0.25) is 34.9 Å². The highest BCUT2D eigenvalue weighted by molar-refractivity contribution is 9.10. The standard InChI is InChI=1S/C66H13BrF30N6/c67-12-11-23-28(34-44(76)56(88)64(96)57(89)45(34)77)21-8-7-19(101-21)26(32-40(72)52(84)62(94)53(85)41(32)73)17-4-3-15(99-17)24(30-36(68)48(80)60(92)49(81)37(30)69)13-1-2-14(98-13)25(31-38(70)50(82)61(93)51(83)39(31)71)16-5-6-18(100-16)27(33-42(74)54(86)63(95)55(87)43(33)75)20-9-10-22(102-20)29(66(12)103-23)35-46(78)58(90)65(97)59(91)47(35)79/h1-11,98,103H. The zero-order valence-corrected chi connectivity index (χ0v) is 49.9. The number of aromatic amines is 2. The molecule has 103 heavy (non-hydrogen) atoms. The molecule has 7 heterocycles. The second-order valence-electron chi connectivity index (χ2n) is 21.5. The number of aromatic nitrogens is 6. The molecule has 4 aliphatic rings. The van der Waals surface area contributed by atoms with Gasteiger partial charge < -0.3 is 9.97 Å². The summed E-state index contributed by atoms with van der Waals surface area (Å²) in [5, 5.41) is 0. The van der Waals surface area contributed by atoms with Crippen LogP contribution in [0.3, 0.4) is 0 Å². The molecule has 37 heteroatoms. The van der Waals surface area contributed by atoms with Gasteiger partial charge in [-0.1, -0.05) is 0 Å². The van der Waals surface area contributed by atoms with Gasteiger partial charge in [0.05, 0.1) is 90.0 Å². The molecular weight excluding hydrogens is 1530 g/mol. The van der Waals surface area contributed by atoms with E-state index in [1.807, 2.05) is 0 Å². The van der Waals surface area contributed by atoms with E-state index in [0.29, 0.717) is 66.8 Å². The van der Waals surface area contributed by atoms with Gasteiger partial charge in [0.25, 0.3) is 0 Å². The molecular formula is C66H13BrF30N6. The average Bonchev–Trinajstić information content (AvgIpc) is 1.62. The zero-order chi connectivity index (χ0) is 74.8. The van der Waals surface area contributed by atoms with Crippen molar-refractivity contribution in [1.29, 1.82) is 0 Å². The van der Waals surface area contributed by atoms with Crippen molar-refractivity contribution in [1.82, 2.24) is 29.9 Å². The molecule has 0 amide bonds. The van der Waals surface area contributed by atoms with E-state index in [1.54, 1.807) is 0 Å². The predicted molar refractivity (Wildman–Crippen MR) is 307 cm³/mol. The fourth-order valence-electron chi connectivity index (χ4n) is 11.3. The van der Waals surface area contributed by atoms with Crippen LogP contribution in [-0.2, 0) is 0 Å². The van der Waals surface area contributed by atoms with Crippen LogP contribution in [0.4, 0.5) is 132 Å². The van der Waals surface area contributed by atoms with Crippen molar-refractivity contribution < 1.29 is 132 Å². The fourth-order valence-corrected chi connectivity index (χ4v) is 11.8. The Morgan fingerprint density at radius 1 is 0.184 bits per heavy atom. The Balaban J connectivity index is 1.36. The molecule has 0 atom stereocenters. The smallest absolute Gasteiger partial charge is 0.200 e. The molecule has 2 N–H and O–H groups in total. The number of hydrogen-bond acceptors (Lipinski definition) is 4. The third-order valence-corrected chi connectivity index (χ3v) is 16.5. The lowest BCUT2D eigenvalue weighted by Gasteiger charge is -2.12. The molecule has 6 nitrogen and oxygen atoms in total. The highest BCUT2D eigenvalue weighted by Crippen LogP contribution is 2.48. The van der Waals surface area contributed by atoms with Crippen LogP contribution in [0.1, 0.15) is 45.6 Å². The molecule has 9 aromatic rings. The lowest BCUT2D eigenvalue weighted by Crippen LogP contribution is -2.06. The zero-order valence-electron chi connectivity index (χ0n) is 48.4. The molecule has 0 radical (unpaired) electrons. The molecule has 4 aliphatic heterocycles. The molecule has 12 bridgehead atoms. The quantitative estimate of drug-likeness (QED) is 0.0987. The second kappa shape index (κ2) is 25.0. The van der Waals surface area contributed by atoms with Crippen LogP contribution < -0.4 is 0 Å². The minimum Gasteiger partial charge on any atom is -0.354 e. The minimum atomic E-state index is -2.93. The van der Waals surface area contributed by atoms with Crippen LogP contribution in [0, 0.1) is 175 Å². The van der Waals surface area contributed by atoms with Crippen LogP contribution in [0.25, 0.3) is 137 Å². The van der Waals surface area contributed by atoms with E-state index in [1.165, 1.54) is 0 Å². The largest absolute Gasteiger partial charge is 0.354 e. The number of fused-ring (bicyclic) bond motifs is 12. The predicted octanol–water partition coefficient (Wildman–Crippen LogP) is 21.6. The molecule has 0 saturated heterocycles. The van der Waals surface area contributed by atoms with Gasteiger partial charge in [0.15, 0.2) is 140 Å². The number of nitrogens with one attached hydrogen (secondary N) is 2. The van der Waals surface area contributed by atoms with Crippen molar-refractivity contribution in [2.45, 2.75) is 0 Å². The van der Waals surface area contributed by atoms with E-state index < -0.39 is 313 Å². The van der Waals surface area contributed by atoms with Crippen molar-refractivity contribution in [3.8, 4) is 66.8 Å². The van der Waals surface area contributed by atoms with E-state index in [0.717, 1.165) is 0 Å². The summed E-state index contributed by atoms with van der Waals surface area (Å²) in [5.74, 6) is -86.4. The Morgan fingerprint density at radius 3 is 0.573 bits per heavy atom. The third kappa shape index (κ3) is 10.4. The van der Waals surface area contributed by atoms with Gasteiger partial charge >= 0.3 is 0 Å². The monoisotopic (exact) mass is 1540 g/mol. The number of H-pyrrole nitrogens is 2. The maximum atomic E-state index is 16.6. The molecule has 0 fully saturated rings. The molecule has 13 rings (SSSR count). The first-order valence-corrected chi connectivity index (χ1v) is 28.3.